The summed E-state index contributed by atoms with van der Waals surface area (Å²) in [7, 11) is 1.90. The standard InChI is InChI=1S/C17H19ClFN/c1-12-6-8-13(9-7-12)10-15(20-2)11-14-4-3-5-16(18)17(14)19/h3-9,15,20H,10-11H2,1-2H3. The van der Waals surface area contributed by atoms with Gasteiger partial charge >= 0.3 is 0 Å². The molecule has 2 aromatic rings. The third-order valence-corrected chi connectivity index (χ3v) is 3.80. The molecule has 0 bridgehead atoms. The van der Waals surface area contributed by atoms with Gasteiger partial charge in [-0.2, -0.15) is 0 Å². The quantitative estimate of drug-likeness (QED) is 0.872. The first-order valence-corrected chi connectivity index (χ1v) is 7.13. The molecule has 2 rings (SSSR count). The summed E-state index contributed by atoms with van der Waals surface area (Å²) in [6.07, 6.45) is 1.49. The van der Waals surface area contributed by atoms with Crippen molar-refractivity contribution in [3.05, 3.63) is 70.0 Å². The van der Waals surface area contributed by atoms with Crippen LogP contribution in [0.25, 0.3) is 0 Å². The number of aryl methyl sites for hydroxylation is 1. The van der Waals surface area contributed by atoms with Gasteiger partial charge in [0.15, 0.2) is 0 Å². The van der Waals surface area contributed by atoms with E-state index in [1.54, 1.807) is 18.2 Å². The minimum Gasteiger partial charge on any atom is -0.316 e. The van der Waals surface area contributed by atoms with Crippen molar-refractivity contribution in [2.75, 3.05) is 7.05 Å². The van der Waals surface area contributed by atoms with E-state index in [4.69, 9.17) is 11.6 Å². The largest absolute Gasteiger partial charge is 0.316 e. The highest BCUT2D eigenvalue weighted by Gasteiger charge is 2.13. The number of benzene rings is 2. The molecule has 1 atom stereocenters. The van der Waals surface area contributed by atoms with Crippen LogP contribution in [0.15, 0.2) is 42.5 Å². The van der Waals surface area contributed by atoms with Crippen molar-refractivity contribution in [3.8, 4) is 0 Å². The Hall–Kier alpha value is -1.38. The van der Waals surface area contributed by atoms with E-state index in [0.717, 1.165) is 6.42 Å². The Bertz CT molecular complexity index is 566. The molecule has 0 spiro atoms. The molecule has 2 aromatic carbocycles. The molecule has 0 heterocycles. The van der Waals surface area contributed by atoms with Crippen molar-refractivity contribution in [2.45, 2.75) is 25.8 Å². The average Bonchev–Trinajstić information content (AvgIpc) is 2.45. The van der Waals surface area contributed by atoms with Gasteiger partial charge < -0.3 is 5.32 Å². The maximum atomic E-state index is 13.9. The van der Waals surface area contributed by atoms with Gasteiger partial charge in [-0.05, 0) is 44.0 Å². The molecule has 0 aliphatic carbocycles. The summed E-state index contributed by atoms with van der Waals surface area (Å²) >= 11 is 5.82. The molecule has 106 valence electrons. The summed E-state index contributed by atoms with van der Waals surface area (Å²) < 4.78 is 13.9. The lowest BCUT2D eigenvalue weighted by Crippen LogP contribution is -2.30. The second-order valence-electron chi connectivity index (χ2n) is 5.09. The Morgan fingerprint density at radius 3 is 2.45 bits per heavy atom. The lowest BCUT2D eigenvalue weighted by molar-refractivity contribution is 0.532. The van der Waals surface area contributed by atoms with E-state index >= 15 is 0 Å². The van der Waals surface area contributed by atoms with Gasteiger partial charge in [-0.15, -0.1) is 0 Å². The van der Waals surface area contributed by atoms with Gasteiger partial charge in [0, 0.05) is 6.04 Å². The molecule has 0 aliphatic heterocycles. The van der Waals surface area contributed by atoms with E-state index in [1.807, 2.05) is 7.05 Å². The third kappa shape index (κ3) is 3.81. The molecular formula is C17H19ClFN. The minimum absolute atomic E-state index is 0.186. The number of rotatable bonds is 5. The molecule has 1 nitrogen and oxygen atoms in total. The summed E-state index contributed by atoms with van der Waals surface area (Å²) in [6, 6.07) is 13.8. The Morgan fingerprint density at radius 1 is 1.10 bits per heavy atom. The summed E-state index contributed by atoms with van der Waals surface area (Å²) in [5.74, 6) is -0.307. The van der Waals surface area contributed by atoms with Crippen molar-refractivity contribution in [1.29, 1.82) is 0 Å². The number of hydrogen-bond acceptors (Lipinski definition) is 1. The van der Waals surface area contributed by atoms with Crippen molar-refractivity contribution >= 4 is 11.6 Å². The molecule has 0 aliphatic rings. The summed E-state index contributed by atoms with van der Waals surface area (Å²) in [6.45, 7) is 2.07. The van der Waals surface area contributed by atoms with Gasteiger partial charge in [0.05, 0.1) is 5.02 Å². The molecule has 0 fully saturated rings. The second-order valence-corrected chi connectivity index (χ2v) is 5.50. The second kappa shape index (κ2) is 6.87. The highest BCUT2D eigenvalue weighted by atomic mass is 35.5. The number of hydrogen-bond donors (Lipinski definition) is 1. The first kappa shape index (κ1) is 15.0. The zero-order chi connectivity index (χ0) is 14.5. The summed E-state index contributed by atoms with van der Waals surface area (Å²) in [4.78, 5) is 0. The topological polar surface area (TPSA) is 12.0 Å². The van der Waals surface area contributed by atoms with Crippen LogP contribution < -0.4 is 5.32 Å². The molecule has 1 unspecified atom stereocenters. The highest BCUT2D eigenvalue weighted by Crippen LogP contribution is 2.20. The van der Waals surface area contributed by atoms with Crippen LogP contribution in [0, 0.1) is 12.7 Å². The van der Waals surface area contributed by atoms with Gasteiger partial charge in [-0.1, -0.05) is 53.6 Å². The predicted molar refractivity (Wildman–Crippen MR) is 82.8 cm³/mol. The van der Waals surface area contributed by atoms with Crippen molar-refractivity contribution in [3.63, 3.8) is 0 Å². The predicted octanol–water partition coefficient (Wildman–Crippen LogP) is 4.16. The molecule has 1 N–H and O–H groups in total. The molecule has 3 heteroatoms. The number of nitrogens with one attached hydrogen (secondary N) is 1. The van der Waals surface area contributed by atoms with Gasteiger partial charge in [0.2, 0.25) is 0 Å². The van der Waals surface area contributed by atoms with E-state index in [1.165, 1.54) is 11.1 Å². The molecule has 0 saturated carbocycles. The van der Waals surface area contributed by atoms with Crippen LogP contribution >= 0.6 is 11.6 Å². The van der Waals surface area contributed by atoms with Crippen LogP contribution in [-0.4, -0.2) is 13.1 Å². The van der Waals surface area contributed by atoms with Crippen molar-refractivity contribution in [2.24, 2.45) is 0 Å². The van der Waals surface area contributed by atoms with Gasteiger partial charge in [0.1, 0.15) is 5.82 Å². The van der Waals surface area contributed by atoms with Gasteiger partial charge in [-0.3, -0.25) is 0 Å². The fourth-order valence-corrected chi connectivity index (χ4v) is 2.45. The van der Waals surface area contributed by atoms with Crippen molar-refractivity contribution in [1.82, 2.24) is 5.32 Å². The van der Waals surface area contributed by atoms with Crippen LogP contribution in [0.5, 0.6) is 0 Å². The lowest BCUT2D eigenvalue weighted by atomic mass is 9.98. The fraction of sp³-hybridized carbons (Fsp3) is 0.294. The third-order valence-electron chi connectivity index (χ3n) is 3.51. The molecule has 20 heavy (non-hydrogen) atoms. The normalized spacial score (nSPS) is 12.4. The Morgan fingerprint density at radius 2 is 1.80 bits per heavy atom. The van der Waals surface area contributed by atoms with E-state index in [2.05, 4.69) is 36.5 Å². The highest BCUT2D eigenvalue weighted by molar-refractivity contribution is 6.30. The minimum atomic E-state index is -0.307. The van der Waals surface area contributed by atoms with Crippen LogP contribution in [0.1, 0.15) is 16.7 Å². The molecular weight excluding hydrogens is 273 g/mol. The average molecular weight is 292 g/mol. The maximum Gasteiger partial charge on any atom is 0.145 e. The zero-order valence-electron chi connectivity index (χ0n) is 11.8. The monoisotopic (exact) mass is 291 g/mol. The van der Waals surface area contributed by atoms with E-state index in [0.29, 0.717) is 12.0 Å². The van der Waals surface area contributed by atoms with Crippen LogP contribution in [0.4, 0.5) is 4.39 Å². The number of halogens is 2. The summed E-state index contributed by atoms with van der Waals surface area (Å²) in [5.41, 5.74) is 3.15. The van der Waals surface area contributed by atoms with Crippen molar-refractivity contribution < 1.29 is 4.39 Å². The maximum absolute atomic E-state index is 13.9. The Kier molecular flexibility index (Phi) is 5.16. The van der Waals surface area contributed by atoms with E-state index in [9.17, 15) is 4.39 Å². The fourth-order valence-electron chi connectivity index (χ4n) is 2.26. The van der Waals surface area contributed by atoms with E-state index in [-0.39, 0.29) is 16.9 Å². The lowest BCUT2D eigenvalue weighted by Gasteiger charge is -2.17. The summed E-state index contributed by atoms with van der Waals surface area (Å²) in [5, 5.41) is 3.44. The molecule has 0 radical (unpaired) electrons. The van der Waals surface area contributed by atoms with Crippen LogP contribution in [0.3, 0.4) is 0 Å². The first-order valence-electron chi connectivity index (χ1n) is 6.76. The SMILES string of the molecule is CNC(Cc1ccc(C)cc1)Cc1cccc(Cl)c1F. The molecule has 0 saturated heterocycles. The number of likely N-dealkylation sites (N-methyl/N-ethyl adjacent to an activating group) is 1. The van der Waals surface area contributed by atoms with E-state index < -0.39 is 0 Å². The smallest absolute Gasteiger partial charge is 0.145 e. The van der Waals surface area contributed by atoms with Gasteiger partial charge in [-0.25, -0.2) is 4.39 Å². The van der Waals surface area contributed by atoms with Crippen LogP contribution in [0.2, 0.25) is 5.02 Å². The Balaban J connectivity index is 2.09. The Labute approximate surface area is 124 Å². The molecule has 0 amide bonds. The zero-order valence-corrected chi connectivity index (χ0v) is 12.5. The first-order chi connectivity index (χ1) is 9.60. The molecule has 0 aromatic heterocycles. The van der Waals surface area contributed by atoms with Crippen LogP contribution in [-0.2, 0) is 12.8 Å². The van der Waals surface area contributed by atoms with Gasteiger partial charge in [0.25, 0.3) is 0 Å².